The minimum atomic E-state index is -0.561. The molecule has 8 heteroatoms. The second kappa shape index (κ2) is 6.37. The van der Waals surface area contributed by atoms with Crippen LogP contribution in [0.15, 0.2) is 6.07 Å². The second-order valence-corrected chi connectivity index (χ2v) is 5.45. The lowest BCUT2D eigenvalue weighted by Crippen LogP contribution is -2.44. The molecule has 1 aliphatic rings. The number of hydrogen-bond acceptors (Lipinski definition) is 4. The first-order valence-electron chi connectivity index (χ1n) is 6.27. The van der Waals surface area contributed by atoms with Gasteiger partial charge in [-0.15, -0.1) is 10.2 Å². The Morgan fingerprint density at radius 3 is 2.55 bits per heavy atom. The molecule has 0 aromatic carbocycles. The van der Waals surface area contributed by atoms with E-state index in [2.05, 4.69) is 10.2 Å². The highest BCUT2D eigenvalue weighted by atomic mass is 35.5. The molecule has 6 nitrogen and oxygen atoms in total. The van der Waals surface area contributed by atoms with E-state index in [1.165, 1.54) is 11.0 Å². The van der Waals surface area contributed by atoms with E-state index in [0.29, 0.717) is 0 Å². The van der Waals surface area contributed by atoms with Gasteiger partial charge in [0.1, 0.15) is 0 Å². The summed E-state index contributed by atoms with van der Waals surface area (Å²) in [5.74, 6) is -0.952. The zero-order valence-electron chi connectivity index (χ0n) is 10.7. The minimum Gasteiger partial charge on any atom is -0.368 e. The van der Waals surface area contributed by atoms with Crippen molar-refractivity contribution in [2.75, 3.05) is 6.54 Å². The van der Waals surface area contributed by atoms with E-state index < -0.39 is 11.8 Å². The number of nitrogens with two attached hydrogens (primary N) is 1. The van der Waals surface area contributed by atoms with E-state index in [1.807, 2.05) is 0 Å². The van der Waals surface area contributed by atoms with Crippen LogP contribution in [0.1, 0.15) is 36.0 Å². The molecule has 2 amide bonds. The normalized spacial score (nSPS) is 15.3. The highest BCUT2D eigenvalue weighted by Gasteiger charge is 2.30. The highest BCUT2D eigenvalue weighted by Crippen LogP contribution is 2.26. The van der Waals surface area contributed by atoms with Crippen LogP contribution in [-0.4, -0.2) is 39.5 Å². The predicted molar refractivity (Wildman–Crippen MR) is 74.5 cm³/mol. The van der Waals surface area contributed by atoms with E-state index in [0.717, 1.165) is 25.7 Å². The van der Waals surface area contributed by atoms with E-state index in [-0.39, 0.29) is 28.5 Å². The SMILES string of the molecule is NC(=O)CN(C(=O)c1cc(Cl)nnc1Cl)C1CCCC1. The van der Waals surface area contributed by atoms with Crippen LogP contribution in [0.2, 0.25) is 10.3 Å². The molecule has 1 heterocycles. The van der Waals surface area contributed by atoms with Crippen molar-refractivity contribution in [3.8, 4) is 0 Å². The van der Waals surface area contributed by atoms with Crippen molar-refractivity contribution in [1.82, 2.24) is 15.1 Å². The summed E-state index contributed by atoms with van der Waals surface area (Å²) in [4.78, 5) is 25.2. The zero-order chi connectivity index (χ0) is 14.7. The molecule has 0 bridgehead atoms. The molecule has 2 N–H and O–H groups in total. The van der Waals surface area contributed by atoms with Gasteiger partial charge in [-0.05, 0) is 18.9 Å². The summed E-state index contributed by atoms with van der Waals surface area (Å²) < 4.78 is 0. The minimum absolute atomic E-state index is 0.00184. The number of primary amides is 1. The smallest absolute Gasteiger partial charge is 0.257 e. The van der Waals surface area contributed by atoms with E-state index >= 15 is 0 Å². The highest BCUT2D eigenvalue weighted by molar-refractivity contribution is 6.34. The van der Waals surface area contributed by atoms with Crippen molar-refractivity contribution in [1.29, 1.82) is 0 Å². The molecule has 0 unspecified atom stereocenters. The number of aromatic nitrogens is 2. The summed E-state index contributed by atoms with van der Waals surface area (Å²) in [5, 5.41) is 7.21. The lowest BCUT2D eigenvalue weighted by molar-refractivity contribution is -0.119. The summed E-state index contributed by atoms with van der Waals surface area (Å²) in [7, 11) is 0. The van der Waals surface area contributed by atoms with Crippen LogP contribution in [0.5, 0.6) is 0 Å². The van der Waals surface area contributed by atoms with Gasteiger partial charge in [-0.3, -0.25) is 9.59 Å². The van der Waals surface area contributed by atoms with Crippen molar-refractivity contribution < 1.29 is 9.59 Å². The first-order chi connectivity index (χ1) is 9.49. The molecule has 20 heavy (non-hydrogen) atoms. The summed E-state index contributed by atoms with van der Waals surface area (Å²) in [6.45, 7) is -0.139. The Kier molecular flexibility index (Phi) is 4.77. The summed E-state index contributed by atoms with van der Waals surface area (Å²) in [6.07, 6.45) is 3.75. The van der Waals surface area contributed by atoms with Crippen molar-refractivity contribution in [3.63, 3.8) is 0 Å². The van der Waals surface area contributed by atoms with Crippen molar-refractivity contribution >= 4 is 35.0 Å². The van der Waals surface area contributed by atoms with Crippen molar-refractivity contribution in [3.05, 3.63) is 21.9 Å². The van der Waals surface area contributed by atoms with Gasteiger partial charge in [-0.1, -0.05) is 36.0 Å². The van der Waals surface area contributed by atoms with Crippen LogP contribution in [0.25, 0.3) is 0 Å². The Hall–Kier alpha value is -1.40. The molecule has 1 aliphatic carbocycles. The Bertz CT molecular complexity index is 532. The van der Waals surface area contributed by atoms with Crippen molar-refractivity contribution in [2.24, 2.45) is 5.73 Å². The van der Waals surface area contributed by atoms with Crippen LogP contribution in [0.4, 0.5) is 0 Å². The molecular weight excluding hydrogens is 303 g/mol. The summed E-state index contributed by atoms with van der Waals surface area (Å²) in [5.41, 5.74) is 5.36. The first kappa shape index (κ1) is 15.0. The third-order valence-electron chi connectivity index (χ3n) is 3.30. The predicted octanol–water partition coefficient (Wildman–Crippen LogP) is 1.65. The van der Waals surface area contributed by atoms with Gasteiger partial charge in [0.2, 0.25) is 5.91 Å². The largest absolute Gasteiger partial charge is 0.368 e. The topological polar surface area (TPSA) is 89.2 Å². The van der Waals surface area contributed by atoms with Gasteiger partial charge < -0.3 is 10.6 Å². The van der Waals surface area contributed by atoms with Crippen LogP contribution >= 0.6 is 23.2 Å². The lowest BCUT2D eigenvalue weighted by Gasteiger charge is -2.27. The van der Waals surface area contributed by atoms with Gasteiger partial charge in [0.15, 0.2) is 10.3 Å². The Labute approximate surface area is 126 Å². The molecular formula is C12H14Cl2N4O2. The monoisotopic (exact) mass is 316 g/mol. The molecule has 0 radical (unpaired) electrons. The van der Waals surface area contributed by atoms with E-state index in [9.17, 15) is 9.59 Å². The molecule has 1 fully saturated rings. The third-order valence-corrected chi connectivity index (χ3v) is 3.77. The number of rotatable bonds is 4. The fourth-order valence-electron chi connectivity index (χ4n) is 2.41. The maximum Gasteiger partial charge on any atom is 0.257 e. The zero-order valence-corrected chi connectivity index (χ0v) is 12.2. The molecule has 1 saturated carbocycles. The summed E-state index contributed by atoms with van der Waals surface area (Å²) in [6, 6.07) is 1.35. The van der Waals surface area contributed by atoms with Crippen LogP contribution in [0.3, 0.4) is 0 Å². The Morgan fingerprint density at radius 1 is 1.30 bits per heavy atom. The molecule has 108 valence electrons. The fraction of sp³-hybridized carbons (Fsp3) is 0.500. The van der Waals surface area contributed by atoms with Gasteiger partial charge >= 0.3 is 0 Å². The molecule has 1 aromatic heterocycles. The second-order valence-electron chi connectivity index (χ2n) is 4.71. The number of amides is 2. The van der Waals surface area contributed by atoms with Gasteiger partial charge in [0, 0.05) is 6.04 Å². The lowest BCUT2D eigenvalue weighted by atomic mass is 10.1. The molecule has 1 aromatic rings. The van der Waals surface area contributed by atoms with Crippen LogP contribution in [-0.2, 0) is 4.79 Å². The van der Waals surface area contributed by atoms with Gasteiger partial charge in [-0.2, -0.15) is 0 Å². The average molecular weight is 317 g/mol. The third kappa shape index (κ3) is 3.37. The Morgan fingerprint density at radius 2 is 1.95 bits per heavy atom. The molecule has 0 spiro atoms. The van der Waals surface area contributed by atoms with Gasteiger partial charge in [0.25, 0.3) is 5.91 Å². The number of carbonyl (C=O) groups is 2. The van der Waals surface area contributed by atoms with E-state index in [4.69, 9.17) is 28.9 Å². The number of halogens is 2. The maximum absolute atomic E-state index is 12.5. The number of hydrogen-bond donors (Lipinski definition) is 1. The molecule has 0 atom stereocenters. The van der Waals surface area contributed by atoms with Crippen LogP contribution < -0.4 is 5.73 Å². The van der Waals surface area contributed by atoms with E-state index in [1.54, 1.807) is 0 Å². The number of nitrogens with zero attached hydrogens (tertiary/aromatic N) is 3. The van der Waals surface area contributed by atoms with Crippen LogP contribution in [0, 0.1) is 0 Å². The van der Waals surface area contributed by atoms with Crippen molar-refractivity contribution in [2.45, 2.75) is 31.7 Å². The maximum atomic E-state index is 12.5. The van der Waals surface area contributed by atoms with Gasteiger partial charge in [-0.25, -0.2) is 0 Å². The standard InChI is InChI=1S/C12H14Cl2N4O2/c13-9-5-8(11(14)17-16-9)12(20)18(6-10(15)19)7-3-1-2-4-7/h5,7H,1-4,6H2,(H2,15,19). The average Bonchev–Trinajstić information content (AvgIpc) is 2.91. The Balaban J connectivity index is 2.29. The molecule has 0 saturated heterocycles. The number of carbonyl (C=O) groups excluding carboxylic acids is 2. The fourth-order valence-corrected chi connectivity index (χ4v) is 2.73. The quantitative estimate of drug-likeness (QED) is 0.914. The first-order valence-corrected chi connectivity index (χ1v) is 7.02. The van der Waals surface area contributed by atoms with Gasteiger partial charge in [0.05, 0.1) is 12.1 Å². The molecule has 2 rings (SSSR count). The molecule has 0 aliphatic heterocycles. The summed E-state index contributed by atoms with van der Waals surface area (Å²) >= 11 is 11.6.